The van der Waals surface area contributed by atoms with Crippen LogP contribution in [0.4, 0.5) is 5.82 Å². The number of aromatic nitrogens is 1. The molecule has 0 fully saturated rings. The van der Waals surface area contributed by atoms with Gasteiger partial charge in [-0.3, -0.25) is 14.5 Å². The number of benzene rings is 3. The highest BCUT2D eigenvalue weighted by Gasteiger charge is 2.45. The molecule has 3 heterocycles. The molecule has 0 radical (unpaired) electrons. The number of carbonyl (C=O) groups excluding carboxylic acids is 1. The number of nitrogens with zero attached hydrogens (tertiary/aromatic N) is 2. The van der Waals surface area contributed by atoms with E-state index < -0.39 is 11.9 Å². The normalized spacial score (nSPS) is 15.6. The Morgan fingerprint density at radius 1 is 0.906 bits per heavy atom. The van der Waals surface area contributed by atoms with Gasteiger partial charge in [0.1, 0.15) is 11.3 Å². The minimum absolute atomic E-state index is 0.0464. The van der Waals surface area contributed by atoms with E-state index in [0.29, 0.717) is 28.1 Å². The van der Waals surface area contributed by atoms with Gasteiger partial charge in [0.05, 0.1) is 17.0 Å². The largest absolute Gasteiger partial charge is 0.450 e. The molecule has 2 aromatic heterocycles. The second kappa shape index (κ2) is 6.65. The highest BCUT2D eigenvalue weighted by molar-refractivity contribution is 6.12. The summed E-state index contributed by atoms with van der Waals surface area (Å²) in [5.74, 6) is 0.551. The average Bonchev–Trinajstić information content (AvgIpc) is 3.35. The van der Waals surface area contributed by atoms with Crippen molar-refractivity contribution in [3.05, 3.63) is 105 Å². The zero-order valence-corrected chi connectivity index (χ0v) is 17.5. The molecule has 6 heteroatoms. The topological polar surface area (TPSA) is 76.6 Å². The third kappa shape index (κ3) is 2.56. The Morgan fingerprint density at radius 2 is 1.69 bits per heavy atom. The quantitative estimate of drug-likeness (QED) is 0.361. The summed E-state index contributed by atoms with van der Waals surface area (Å²) in [6.07, 6.45) is 0. The van der Waals surface area contributed by atoms with E-state index in [1.54, 1.807) is 19.1 Å². The van der Waals surface area contributed by atoms with E-state index in [4.69, 9.17) is 8.94 Å². The van der Waals surface area contributed by atoms with Gasteiger partial charge in [-0.05, 0) is 30.9 Å². The Bertz CT molecular complexity index is 1590. The standard InChI is InChI=1S/C26H18N2O4/c1-14-7-9-17(10-8-14)22-21-23(29)19-12-11-16-5-3-4-6-18(16)24(19)31-25(21)26(30)28(22)20-13-15(2)32-27-20/h3-13,22H,1-2H3. The lowest BCUT2D eigenvalue weighted by molar-refractivity contribution is 0.0969. The maximum Gasteiger partial charge on any atom is 0.296 e. The molecule has 0 spiro atoms. The Kier molecular flexibility index (Phi) is 3.86. The first kappa shape index (κ1) is 18.6. The van der Waals surface area contributed by atoms with Gasteiger partial charge >= 0.3 is 0 Å². The van der Waals surface area contributed by atoms with Crippen LogP contribution in [0.2, 0.25) is 0 Å². The summed E-state index contributed by atoms with van der Waals surface area (Å²) in [6, 6.07) is 20.1. The minimum Gasteiger partial charge on any atom is -0.450 e. The van der Waals surface area contributed by atoms with Gasteiger partial charge in [0, 0.05) is 11.5 Å². The molecule has 6 nitrogen and oxygen atoms in total. The summed E-state index contributed by atoms with van der Waals surface area (Å²) in [5, 5.41) is 6.24. The Hall–Kier alpha value is -4.19. The van der Waals surface area contributed by atoms with Gasteiger partial charge in [-0.1, -0.05) is 65.3 Å². The summed E-state index contributed by atoms with van der Waals surface area (Å²) < 4.78 is 11.4. The zero-order valence-electron chi connectivity index (χ0n) is 17.5. The molecule has 0 bridgehead atoms. The molecule has 1 atom stereocenters. The minimum atomic E-state index is -0.658. The molecule has 1 aliphatic rings. The van der Waals surface area contributed by atoms with Crippen LogP contribution in [-0.2, 0) is 0 Å². The lowest BCUT2D eigenvalue weighted by atomic mass is 9.97. The van der Waals surface area contributed by atoms with Gasteiger partial charge in [-0.2, -0.15) is 0 Å². The van der Waals surface area contributed by atoms with Crippen molar-refractivity contribution in [2.75, 3.05) is 4.90 Å². The monoisotopic (exact) mass is 422 g/mol. The zero-order chi connectivity index (χ0) is 22.0. The third-order valence-corrected chi connectivity index (χ3v) is 6.02. The fourth-order valence-electron chi connectivity index (χ4n) is 4.47. The number of anilines is 1. The molecule has 1 unspecified atom stereocenters. The first-order chi connectivity index (χ1) is 15.5. The third-order valence-electron chi connectivity index (χ3n) is 6.02. The van der Waals surface area contributed by atoms with Crippen LogP contribution in [-0.4, -0.2) is 11.1 Å². The molecular formula is C26H18N2O4. The highest BCUT2D eigenvalue weighted by atomic mass is 16.5. The van der Waals surface area contributed by atoms with E-state index >= 15 is 0 Å². The lowest BCUT2D eigenvalue weighted by Gasteiger charge is -2.22. The molecule has 0 saturated carbocycles. The Morgan fingerprint density at radius 3 is 2.44 bits per heavy atom. The number of amides is 1. The van der Waals surface area contributed by atoms with E-state index in [1.807, 2.05) is 61.5 Å². The van der Waals surface area contributed by atoms with Crippen molar-refractivity contribution in [2.45, 2.75) is 19.9 Å². The van der Waals surface area contributed by atoms with Crippen LogP contribution >= 0.6 is 0 Å². The molecule has 0 saturated heterocycles. The number of carbonyl (C=O) groups is 1. The highest BCUT2D eigenvalue weighted by Crippen LogP contribution is 2.41. The van der Waals surface area contributed by atoms with Crippen LogP contribution in [0.3, 0.4) is 0 Å². The SMILES string of the molecule is Cc1ccc(C2c3c(oc4c(ccc5ccccc54)c3=O)C(=O)N2c2cc(C)on2)cc1. The second-order valence-corrected chi connectivity index (χ2v) is 8.12. The Labute approximate surface area is 182 Å². The molecule has 1 aliphatic heterocycles. The summed E-state index contributed by atoms with van der Waals surface area (Å²) in [5.41, 5.74) is 2.41. The van der Waals surface area contributed by atoms with Gasteiger partial charge in [-0.25, -0.2) is 0 Å². The summed E-state index contributed by atoms with van der Waals surface area (Å²) in [6.45, 7) is 3.75. The molecule has 3 aromatic carbocycles. The van der Waals surface area contributed by atoms with Gasteiger partial charge in [0.25, 0.3) is 5.91 Å². The molecule has 156 valence electrons. The van der Waals surface area contributed by atoms with E-state index in [2.05, 4.69) is 5.16 Å². The number of aryl methyl sites for hydroxylation is 2. The Balaban J connectivity index is 1.69. The number of hydrogen-bond acceptors (Lipinski definition) is 5. The first-order valence-electron chi connectivity index (χ1n) is 10.3. The van der Waals surface area contributed by atoms with E-state index in [-0.39, 0.29) is 11.2 Å². The van der Waals surface area contributed by atoms with Gasteiger partial charge in [-0.15, -0.1) is 0 Å². The van der Waals surface area contributed by atoms with Crippen molar-refractivity contribution >= 4 is 33.5 Å². The smallest absolute Gasteiger partial charge is 0.296 e. The van der Waals surface area contributed by atoms with Crippen LogP contribution in [0.5, 0.6) is 0 Å². The summed E-state index contributed by atoms with van der Waals surface area (Å²) in [7, 11) is 0. The van der Waals surface area contributed by atoms with Crippen LogP contribution < -0.4 is 10.3 Å². The van der Waals surface area contributed by atoms with Gasteiger partial charge in [0.2, 0.25) is 5.76 Å². The lowest BCUT2D eigenvalue weighted by Crippen LogP contribution is -2.29. The number of hydrogen-bond donors (Lipinski definition) is 0. The molecule has 0 N–H and O–H groups in total. The fourth-order valence-corrected chi connectivity index (χ4v) is 4.47. The van der Waals surface area contributed by atoms with Crippen LogP contribution in [0.1, 0.15) is 39.0 Å². The van der Waals surface area contributed by atoms with E-state index in [0.717, 1.165) is 21.9 Å². The van der Waals surface area contributed by atoms with Crippen molar-refractivity contribution in [3.8, 4) is 0 Å². The predicted molar refractivity (Wildman–Crippen MR) is 121 cm³/mol. The second-order valence-electron chi connectivity index (χ2n) is 8.12. The van der Waals surface area contributed by atoms with Crippen molar-refractivity contribution in [3.63, 3.8) is 0 Å². The molecule has 5 aromatic rings. The van der Waals surface area contributed by atoms with Crippen molar-refractivity contribution < 1.29 is 13.7 Å². The summed E-state index contributed by atoms with van der Waals surface area (Å²) in [4.78, 5) is 28.8. The van der Waals surface area contributed by atoms with Gasteiger partial charge in [0.15, 0.2) is 11.2 Å². The predicted octanol–water partition coefficient (Wildman–Crippen LogP) is 5.30. The number of rotatable bonds is 2. The van der Waals surface area contributed by atoms with Crippen molar-refractivity contribution in [1.29, 1.82) is 0 Å². The number of fused-ring (bicyclic) bond motifs is 4. The average molecular weight is 422 g/mol. The van der Waals surface area contributed by atoms with Gasteiger partial charge < -0.3 is 8.94 Å². The van der Waals surface area contributed by atoms with Crippen molar-refractivity contribution in [1.82, 2.24) is 5.16 Å². The summed E-state index contributed by atoms with van der Waals surface area (Å²) >= 11 is 0. The maximum absolute atomic E-state index is 13.8. The van der Waals surface area contributed by atoms with Crippen LogP contribution in [0.25, 0.3) is 21.7 Å². The van der Waals surface area contributed by atoms with Crippen LogP contribution in [0.15, 0.2) is 80.5 Å². The molecule has 1 amide bonds. The van der Waals surface area contributed by atoms with E-state index in [1.165, 1.54) is 4.90 Å². The van der Waals surface area contributed by atoms with Crippen LogP contribution in [0, 0.1) is 13.8 Å². The molecular weight excluding hydrogens is 404 g/mol. The first-order valence-corrected chi connectivity index (χ1v) is 10.3. The van der Waals surface area contributed by atoms with Crippen molar-refractivity contribution in [2.24, 2.45) is 0 Å². The molecule has 0 aliphatic carbocycles. The maximum atomic E-state index is 13.8. The van der Waals surface area contributed by atoms with E-state index in [9.17, 15) is 9.59 Å². The molecule has 32 heavy (non-hydrogen) atoms. The fraction of sp³-hybridized carbons (Fsp3) is 0.115. The molecule has 6 rings (SSSR count).